The highest BCUT2D eigenvalue weighted by atomic mass is 79.9. The lowest BCUT2D eigenvalue weighted by molar-refractivity contribution is 0.598. The van der Waals surface area contributed by atoms with E-state index in [9.17, 15) is 8.42 Å². The van der Waals surface area contributed by atoms with Gasteiger partial charge in [-0.05, 0) is 41.4 Å². The van der Waals surface area contributed by atoms with Crippen molar-refractivity contribution in [2.24, 2.45) is 0 Å². The number of anilines is 1. The average Bonchev–Trinajstić information content (AvgIpc) is 2.09. The van der Waals surface area contributed by atoms with Crippen LogP contribution in [0.25, 0.3) is 0 Å². The average molecular weight is 307 g/mol. The molecule has 1 heterocycles. The van der Waals surface area contributed by atoms with Crippen LogP contribution < -0.4 is 5.32 Å². The number of aromatic nitrogens is 1. The monoisotopic (exact) mass is 306 g/mol. The summed E-state index contributed by atoms with van der Waals surface area (Å²) in [6, 6.07) is 1.72. The van der Waals surface area contributed by atoms with E-state index in [0.29, 0.717) is 5.82 Å². The molecule has 0 amide bonds. The largest absolute Gasteiger partial charge is 0.366 e. The van der Waals surface area contributed by atoms with Crippen LogP contribution in [-0.4, -0.2) is 31.5 Å². The topological polar surface area (TPSA) is 59.1 Å². The Kier molecular flexibility index (Phi) is 4.32. The number of hydrogen-bond donors (Lipinski definition) is 1. The number of aryl methyl sites for hydroxylation is 1. The lowest BCUT2D eigenvalue weighted by atomic mass is 10.3. The van der Waals surface area contributed by atoms with E-state index in [4.69, 9.17) is 0 Å². The summed E-state index contributed by atoms with van der Waals surface area (Å²) < 4.78 is 23.1. The van der Waals surface area contributed by atoms with Crippen LogP contribution in [0.3, 0.4) is 0 Å². The van der Waals surface area contributed by atoms with E-state index in [1.807, 2.05) is 19.9 Å². The van der Waals surface area contributed by atoms with Crippen LogP contribution in [0.1, 0.15) is 12.5 Å². The first-order valence-electron chi connectivity index (χ1n) is 4.85. The fourth-order valence-corrected chi connectivity index (χ4v) is 2.71. The van der Waals surface area contributed by atoms with E-state index in [2.05, 4.69) is 26.2 Å². The Bertz CT molecular complexity index is 474. The second-order valence-electron chi connectivity index (χ2n) is 3.93. The van der Waals surface area contributed by atoms with Gasteiger partial charge in [-0.15, -0.1) is 0 Å². The minimum Gasteiger partial charge on any atom is -0.366 e. The van der Waals surface area contributed by atoms with Crippen LogP contribution >= 0.6 is 15.9 Å². The number of nitrogens with zero attached hydrogens (tertiary/aromatic N) is 1. The van der Waals surface area contributed by atoms with Crippen molar-refractivity contribution in [3.63, 3.8) is 0 Å². The molecule has 1 rings (SSSR count). The maximum absolute atomic E-state index is 11.1. The van der Waals surface area contributed by atoms with Gasteiger partial charge in [0.15, 0.2) is 0 Å². The van der Waals surface area contributed by atoms with Crippen molar-refractivity contribution in [2.75, 3.05) is 17.3 Å². The number of sulfone groups is 1. The molecule has 0 bridgehead atoms. The van der Waals surface area contributed by atoms with Gasteiger partial charge in [0.05, 0.1) is 10.2 Å². The molecule has 90 valence electrons. The molecule has 1 aromatic rings. The van der Waals surface area contributed by atoms with Crippen LogP contribution in [0.2, 0.25) is 0 Å². The van der Waals surface area contributed by atoms with Crippen molar-refractivity contribution in [1.29, 1.82) is 0 Å². The van der Waals surface area contributed by atoms with E-state index in [1.165, 1.54) is 6.26 Å². The molecule has 0 aliphatic heterocycles. The Labute approximate surface area is 105 Å². The molecule has 16 heavy (non-hydrogen) atoms. The molecule has 0 radical (unpaired) electrons. The lowest BCUT2D eigenvalue weighted by Gasteiger charge is -2.15. The minimum absolute atomic E-state index is 0.0923. The van der Waals surface area contributed by atoms with Gasteiger partial charge in [-0.25, -0.2) is 13.4 Å². The van der Waals surface area contributed by atoms with Gasteiger partial charge in [0, 0.05) is 18.5 Å². The second-order valence-corrected chi connectivity index (χ2v) is 6.91. The fourth-order valence-electron chi connectivity index (χ4n) is 1.37. The number of pyridine rings is 1. The van der Waals surface area contributed by atoms with E-state index in [1.54, 1.807) is 6.20 Å². The van der Waals surface area contributed by atoms with Crippen LogP contribution in [0, 0.1) is 6.92 Å². The third kappa shape index (κ3) is 4.09. The van der Waals surface area contributed by atoms with Gasteiger partial charge < -0.3 is 5.32 Å². The van der Waals surface area contributed by atoms with Crippen LogP contribution in [0.4, 0.5) is 5.82 Å². The summed E-state index contributed by atoms with van der Waals surface area (Å²) >= 11 is 3.41. The summed E-state index contributed by atoms with van der Waals surface area (Å²) in [6.45, 7) is 3.77. The van der Waals surface area contributed by atoms with E-state index >= 15 is 0 Å². The number of hydrogen-bond acceptors (Lipinski definition) is 4. The predicted molar refractivity (Wildman–Crippen MR) is 69.5 cm³/mol. The van der Waals surface area contributed by atoms with Gasteiger partial charge in [0.2, 0.25) is 0 Å². The Morgan fingerprint density at radius 3 is 2.75 bits per heavy atom. The van der Waals surface area contributed by atoms with Crippen molar-refractivity contribution >= 4 is 31.6 Å². The molecule has 0 fully saturated rings. The summed E-state index contributed by atoms with van der Waals surface area (Å²) in [5.74, 6) is 0.769. The molecular formula is C10H15BrN2O2S. The Morgan fingerprint density at radius 1 is 1.56 bits per heavy atom. The molecule has 0 spiro atoms. The zero-order valence-corrected chi connectivity index (χ0v) is 11.9. The van der Waals surface area contributed by atoms with Crippen molar-refractivity contribution in [1.82, 2.24) is 4.98 Å². The van der Waals surface area contributed by atoms with E-state index in [0.717, 1.165) is 10.0 Å². The van der Waals surface area contributed by atoms with Gasteiger partial charge in [-0.2, -0.15) is 0 Å². The summed E-state index contributed by atoms with van der Waals surface area (Å²) in [4.78, 5) is 4.16. The van der Waals surface area contributed by atoms with Gasteiger partial charge in [0.1, 0.15) is 15.7 Å². The SMILES string of the molecule is Cc1ccnc(NC(C)CS(C)(=O)=O)c1Br. The first-order valence-corrected chi connectivity index (χ1v) is 7.70. The molecule has 6 heteroatoms. The highest BCUT2D eigenvalue weighted by molar-refractivity contribution is 9.10. The number of halogens is 1. The number of nitrogens with one attached hydrogen (secondary N) is 1. The van der Waals surface area contributed by atoms with Gasteiger partial charge in [-0.3, -0.25) is 0 Å². The third-order valence-corrected chi connectivity index (χ3v) is 4.12. The van der Waals surface area contributed by atoms with Crippen LogP contribution in [0.15, 0.2) is 16.7 Å². The zero-order chi connectivity index (χ0) is 12.3. The highest BCUT2D eigenvalue weighted by Gasteiger charge is 2.12. The zero-order valence-electron chi connectivity index (χ0n) is 9.49. The second kappa shape index (κ2) is 5.14. The first-order chi connectivity index (χ1) is 7.29. The molecule has 0 aliphatic carbocycles. The van der Waals surface area contributed by atoms with Crippen molar-refractivity contribution < 1.29 is 8.42 Å². The summed E-state index contributed by atoms with van der Waals surface area (Å²) in [7, 11) is -2.97. The van der Waals surface area contributed by atoms with Crippen LogP contribution in [-0.2, 0) is 9.84 Å². The molecule has 0 aromatic carbocycles. The van der Waals surface area contributed by atoms with E-state index < -0.39 is 9.84 Å². The quantitative estimate of drug-likeness (QED) is 0.924. The minimum atomic E-state index is -2.97. The summed E-state index contributed by atoms with van der Waals surface area (Å²) in [5, 5.41) is 3.07. The fraction of sp³-hybridized carbons (Fsp3) is 0.500. The molecular weight excluding hydrogens is 292 g/mol. The maximum atomic E-state index is 11.1. The summed E-state index contributed by atoms with van der Waals surface area (Å²) in [5.41, 5.74) is 1.06. The van der Waals surface area contributed by atoms with E-state index in [-0.39, 0.29) is 11.8 Å². The molecule has 0 saturated heterocycles. The normalized spacial score (nSPS) is 13.5. The summed E-state index contributed by atoms with van der Waals surface area (Å²) in [6.07, 6.45) is 2.92. The van der Waals surface area contributed by atoms with Crippen LogP contribution in [0.5, 0.6) is 0 Å². The maximum Gasteiger partial charge on any atom is 0.149 e. The Morgan fingerprint density at radius 2 is 2.19 bits per heavy atom. The lowest BCUT2D eigenvalue weighted by Crippen LogP contribution is -2.25. The molecule has 0 aliphatic rings. The predicted octanol–water partition coefficient (Wildman–Crippen LogP) is 2.00. The Hall–Kier alpha value is -0.620. The van der Waals surface area contributed by atoms with Gasteiger partial charge in [0.25, 0.3) is 0 Å². The first kappa shape index (κ1) is 13.4. The van der Waals surface area contributed by atoms with Gasteiger partial charge in [-0.1, -0.05) is 0 Å². The molecule has 1 unspecified atom stereocenters. The molecule has 1 atom stereocenters. The van der Waals surface area contributed by atoms with Crippen molar-refractivity contribution in [2.45, 2.75) is 19.9 Å². The highest BCUT2D eigenvalue weighted by Crippen LogP contribution is 2.23. The van der Waals surface area contributed by atoms with Gasteiger partial charge >= 0.3 is 0 Å². The smallest absolute Gasteiger partial charge is 0.149 e. The standard InChI is InChI=1S/C10H15BrN2O2S/c1-7-4-5-12-10(9(7)11)13-8(2)6-16(3,14)15/h4-5,8H,6H2,1-3H3,(H,12,13). The number of rotatable bonds is 4. The van der Waals surface area contributed by atoms with Crippen molar-refractivity contribution in [3.8, 4) is 0 Å². The van der Waals surface area contributed by atoms with Crippen molar-refractivity contribution in [3.05, 3.63) is 22.3 Å². The third-order valence-electron chi connectivity index (χ3n) is 2.02. The molecule has 1 aromatic heterocycles. The molecule has 4 nitrogen and oxygen atoms in total. The molecule has 0 saturated carbocycles. The molecule has 1 N–H and O–H groups in total. The Balaban J connectivity index is 2.77.